The molecular formula is C20H20N2O3S. The summed E-state index contributed by atoms with van der Waals surface area (Å²) in [5.41, 5.74) is 2.60. The van der Waals surface area contributed by atoms with E-state index in [1.165, 1.54) is 5.56 Å². The van der Waals surface area contributed by atoms with Gasteiger partial charge in [0.15, 0.2) is 0 Å². The maximum Gasteiger partial charge on any atom is 0.284 e. The fourth-order valence-corrected chi connectivity index (χ4v) is 2.96. The summed E-state index contributed by atoms with van der Waals surface area (Å²) in [6.45, 7) is 6.41. The van der Waals surface area contributed by atoms with Crippen LogP contribution in [0, 0.1) is 0 Å². The molecule has 0 aliphatic rings. The molecule has 3 rings (SSSR count). The molecule has 0 saturated heterocycles. The number of hydrogen-bond donors (Lipinski definition) is 0. The Morgan fingerprint density at radius 2 is 1.65 bits per heavy atom. The number of nitrogens with zero attached hydrogens (tertiary/aromatic N) is 2. The first-order valence-corrected chi connectivity index (χ1v) is 8.99. The molecule has 6 heteroatoms. The standard InChI is InChI=1S/C20H20N2O3S/c1-20(2,3)15-9-5-14(6-10-15)18(23)26-19-22-21-17(25-19)13-7-11-16(24-4)12-8-13/h5-12H,1-4H3. The van der Waals surface area contributed by atoms with E-state index in [0.717, 1.165) is 23.1 Å². The molecule has 0 unspecified atom stereocenters. The van der Waals surface area contributed by atoms with Gasteiger partial charge in [0.2, 0.25) is 11.0 Å². The van der Waals surface area contributed by atoms with Crippen LogP contribution < -0.4 is 4.74 Å². The first kappa shape index (κ1) is 18.2. The minimum absolute atomic E-state index is 0.0501. The van der Waals surface area contributed by atoms with Crippen molar-refractivity contribution < 1.29 is 13.9 Å². The Hall–Kier alpha value is -2.60. The molecule has 1 aromatic heterocycles. The fraction of sp³-hybridized carbons (Fsp3) is 0.250. The average molecular weight is 368 g/mol. The zero-order chi connectivity index (χ0) is 18.7. The Morgan fingerprint density at radius 1 is 1.00 bits per heavy atom. The smallest absolute Gasteiger partial charge is 0.284 e. The molecule has 0 spiro atoms. The van der Waals surface area contributed by atoms with Crippen molar-refractivity contribution in [2.45, 2.75) is 31.4 Å². The van der Waals surface area contributed by atoms with E-state index in [1.807, 2.05) is 48.5 Å². The van der Waals surface area contributed by atoms with Gasteiger partial charge in [0.1, 0.15) is 5.75 Å². The zero-order valence-corrected chi connectivity index (χ0v) is 16.0. The van der Waals surface area contributed by atoms with Crippen LogP contribution in [-0.2, 0) is 5.41 Å². The van der Waals surface area contributed by atoms with E-state index < -0.39 is 0 Å². The Bertz CT molecular complexity index is 894. The highest BCUT2D eigenvalue weighted by atomic mass is 32.2. The van der Waals surface area contributed by atoms with E-state index in [0.29, 0.717) is 11.5 Å². The molecule has 0 amide bonds. The van der Waals surface area contributed by atoms with Gasteiger partial charge in [-0.1, -0.05) is 45.0 Å². The third-order valence-corrected chi connectivity index (χ3v) is 4.67. The summed E-state index contributed by atoms with van der Waals surface area (Å²) in [4.78, 5) is 12.4. The molecule has 0 N–H and O–H groups in total. The SMILES string of the molecule is COc1ccc(-c2nnc(SC(=O)c3ccc(C(C)(C)C)cc3)o2)cc1. The minimum Gasteiger partial charge on any atom is -0.497 e. The van der Waals surface area contributed by atoms with Crippen LogP contribution in [-0.4, -0.2) is 22.4 Å². The number of ether oxygens (including phenoxy) is 1. The van der Waals surface area contributed by atoms with E-state index in [2.05, 4.69) is 31.0 Å². The first-order chi connectivity index (χ1) is 12.4. The molecule has 0 aliphatic carbocycles. The van der Waals surface area contributed by atoms with Crippen molar-refractivity contribution in [3.63, 3.8) is 0 Å². The number of carbonyl (C=O) groups excluding carboxylic acids is 1. The topological polar surface area (TPSA) is 65.2 Å². The maximum atomic E-state index is 12.4. The summed E-state index contributed by atoms with van der Waals surface area (Å²) >= 11 is 0.929. The maximum absolute atomic E-state index is 12.4. The normalized spacial score (nSPS) is 11.4. The van der Waals surface area contributed by atoms with Gasteiger partial charge < -0.3 is 9.15 Å². The lowest BCUT2D eigenvalue weighted by atomic mass is 9.87. The zero-order valence-electron chi connectivity index (χ0n) is 15.1. The van der Waals surface area contributed by atoms with Gasteiger partial charge in [-0.3, -0.25) is 4.79 Å². The summed E-state index contributed by atoms with van der Waals surface area (Å²) in [5.74, 6) is 1.11. The van der Waals surface area contributed by atoms with Crippen molar-refractivity contribution in [3.8, 4) is 17.2 Å². The number of carbonyl (C=O) groups is 1. The van der Waals surface area contributed by atoms with Crippen LogP contribution in [0.25, 0.3) is 11.5 Å². The number of hydrogen-bond acceptors (Lipinski definition) is 6. The summed E-state index contributed by atoms with van der Waals surface area (Å²) in [5, 5.41) is 8.05. The van der Waals surface area contributed by atoms with Gasteiger partial charge in [0, 0.05) is 22.9 Å². The predicted octanol–water partition coefficient (Wildman–Crippen LogP) is 4.98. The molecule has 0 bridgehead atoms. The average Bonchev–Trinajstić information content (AvgIpc) is 3.09. The van der Waals surface area contributed by atoms with Crippen LogP contribution in [0.5, 0.6) is 5.75 Å². The lowest BCUT2D eigenvalue weighted by Gasteiger charge is -2.18. The monoisotopic (exact) mass is 368 g/mol. The Morgan fingerprint density at radius 3 is 2.23 bits per heavy atom. The molecule has 0 atom stereocenters. The van der Waals surface area contributed by atoms with E-state index in [-0.39, 0.29) is 15.8 Å². The molecule has 0 fully saturated rings. The van der Waals surface area contributed by atoms with Crippen LogP contribution in [0.15, 0.2) is 58.2 Å². The summed E-state index contributed by atoms with van der Waals surface area (Å²) in [6, 6.07) is 14.9. The third-order valence-electron chi connectivity index (χ3n) is 3.91. The number of thioether (sulfide) groups is 1. The van der Waals surface area contributed by atoms with Crippen molar-refractivity contribution in [2.75, 3.05) is 7.11 Å². The van der Waals surface area contributed by atoms with Crippen LogP contribution in [0.3, 0.4) is 0 Å². The molecule has 3 aromatic rings. The molecule has 0 radical (unpaired) electrons. The third kappa shape index (κ3) is 4.14. The van der Waals surface area contributed by atoms with Crippen LogP contribution in [0.4, 0.5) is 0 Å². The quantitative estimate of drug-likeness (QED) is 0.606. The molecule has 2 aromatic carbocycles. The first-order valence-electron chi connectivity index (χ1n) is 8.17. The van der Waals surface area contributed by atoms with E-state index >= 15 is 0 Å². The second kappa shape index (κ2) is 7.33. The van der Waals surface area contributed by atoms with Crippen molar-refractivity contribution in [1.82, 2.24) is 10.2 Å². The molecule has 134 valence electrons. The van der Waals surface area contributed by atoms with E-state index in [1.54, 1.807) is 7.11 Å². The second-order valence-corrected chi connectivity index (χ2v) is 7.74. The fourth-order valence-electron chi connectivity index (χ4n) is 2.35. The molecule has 0 saturated carbocycles. The summed E-state index contributed by atoms with van der Waals surface area (Å²) < 4.78 is 10.7. The van der Waals surface area contributed by atoms with Gasteiger partial charge in [0.05, 0.1) is 7.11 Å². The molecule has 0 aliphatic heterocycles. The minimum atomic E-state index is -0.129. The predicted molar refractivity (Wildman–Crippen MR) is 102 cm³/mol. The van der Waals surface area contributed by atoms with Crippen LogP contribution in [0.2, 0.25) is 0 Å². The highest BCUT2D eigenvalue weighted by molar-refractivity contribution is 8.14. The summed E-state index contributed by atoms with van der Waals surface area (Å²) in [6.07, 6.45) is 0. The number of rotatable bonds is 4. The number of methoxy groups -OCH3 is 1. The van der Waals surface area contributed by atoms with Gasteiger partial charge in [-0.2, -0.15) is 0 Å². The second-order valence-electron chi connectivity index (χ2n) is 6.82. The van der Waals surface area contributed by atoms with Gasteiger partial charge >= 0.3 is 0 Å². The molecule has 26 heavy (non-hydrogen) atoms. The molecule has 5 nitrogen and oxygen atoms in total. The lowest BCUT2D eigenvalue weighted by molar-refractivity contribution is 0.108. The Kier molecular flexibility index (Phi) is 5.13. The summed E-state index contributed by atoms with van der Waals surface area (Å²) in [7, 11) is 1.61. The van der Waals surface area contributed by atoms with E-state index in [9.17, 15) is 4.79 Å². The van der Waals surface area contributed by atoms with Crippen molar-refractivity contribution in [1.29, 1.82) is 0 Å². The largest absolute Gasteiger partial charge is 0.497 e. The number of aromatic nitrogens is 2. The highest BCUT2D eigenvalue weighted by Crippen LogP contribution is 2.28. The van der Waals surface area contributed by atoms with Gasteiger partial charge in [0.25, 0.3) is 5.22 Å². The van der Waals surface area contributed by atoms with E-state index in [4.69, 9.17) is 9.15 Å². The Balaban J connectivity index is 1.71. The Labute approximate surface area is 156 Å². The van der Waals surface area contributed by atoms with Crippen LogP contribution >= 0.6 is 11.8 Å². The van der Waals surface area contributed by atoms with Gasteiger partial charge in [-0.15, -0.1) is 10.2 Å². The van der Waals surface area contributed by atoms with Gasteiger partial charge in [-0.25, -0.2) is 0 Å². The van der Waals surface area contributed by atoms with Crippen LogP contribution in [0.1, 0.15) is 36.7 Å². The number of benzene rings is 2. The van der Waals surface area contributed by atoms with Crippen molar-refractivity contribution in [2.24, 2.45) is 0 Å². The highest BCUT2D eigenvalue weighted by Gasteiger charge is 2.17. The molecular weight excluding hydrogens is 348 g/mol. The van der Waals surface area contributed by atoms with Crippen molar-refractivity contribution in [3.05, 3.63) is 59.7 Å². The van der Waals surface area contributed by atoms with Gasteiger partial charge in [-0.05, 0) is 35.2 Å². The van der Waals surface area contributed by atoms with Crippen molar-refractivity contribution >= 4 is 16.9 Å². The molecule has 1 heterocycles. The lowest BCUT2D eigenvalue weighted by Crippen LogP contribution is -2.11.